The molecule has 3 heterocycles. The molecule has 0 unspecified atom stereocenters. The molecule has 0 aliphatic carbocycles. The molecule has 1 saturated heterocycles. The Morgan fingerprint density at radius 2 is 1.92 bits per heavy atom. The van der Waals surface area contributed by atoms with E-state index in [2.05, 4.69) is 55.4 Å². The number of nitrogens with zero attached hydrogens (tertiary/aromatic N) is 4. The average molecular weight is 524 g/mol. The number of aryl methyl sites for hydroxylation is 3. The highest BCUT2D eigenvalue weighted by molar-refractivity contribution is 6.32. The first kappa shape index (κ1) is 27.1. The molecule has 1 fully saturated rings. The second-order valence-electron chi connectivity index (χ2n) is 11.5. The summed E-state index contributed by atoms with van der Waals surface area (Å²) in [4.78, 5) is 32.0. The lowest BCUT2D eigenvalue weighted by Gasteiger charge is -2.38. The molecule has 0 atom stereocenters. The number of H-pyrrole nitrogens is 1. The zero-order chi connectivity index (χ0) is 27.1. The smallest absolute Gasteiger partial charge is 0.246 e. The summed E-state index contributed by atoms with van der Waals surface area (Å²) >= 11 is 6.54. The predicted molar refractivity (Wildman–Crippen MR) is 148 cm³/mol. The minimum absolute atomic E-state index is 0.0140. The highest BCUT2D eigenvalue weighted by atomic mass is 35.5. The number of aromatic amines is 1. The summed E-state index contributed by atoms with van der Waals surface area (Å²) in [5.74, 6) is 1.21. The molecule has 0 bridgehead atoms. The van der Waals surface area contributed by atoms with Gasteiger partial charge in [-0.2, -0.15) is 5.10 Å². The first-order chi connectivity index (χ1) is 17.4. The van der Waals surface area contributed by atoms with Crippen molar-refractivity contribution in [2.24, 2.45) is 5.92 Å². The summed E-state index contributed by atoms with van der Waals surface area (Å²) < 4.78 is 2.09. The molecular formula is C29H38ClN5O2. The van der Waals surface area contributed by atoms with E-state index in [4.69, 9.17) is 16.6 Å². The SMILES string of the molecule is C/C=C/C(=O)N1CC(CC(=O)c2c(C)nc(CCc3[nH]nc4cc(Cl)c(C(C)(C)C)cc34)n2C(C)C)C1. The number of aromatic nitrogens is 4. The van der Waals surface area contributed by atoms with E-state index >= 15 is 0 Å². The number of carbonyl (C=O) groups excluding carboxylic acids is 2. The van der Waals surface area contributed by atoms with E-state index in [0.717, 1.165) is 45.1 Å². The molecule has 1 amide bonds. The lowest BCUT2D eigenvalue weighted by molar-refractivity contribution is -0.132. The van der Waals surface area contributed by atoms with Gasteiger partial charge in [-0.1, -0.05) is 38.4 Å². The number of rotatable bonds is 8. The van der Waals surface area contributed by atoms with Gasteiger partial charge < -0.3 is 9.47 Å². The summed E-state index contributed by atoms with van der Waals surface area (Å²) in [6.45, 7) is 15.7. The quantitative estimate of drug-likeness (QED) is 0.290. The Balaban J connectivity index is 1.52. The van der Waals surface area contributed by atoms with Crippen LogP contribution in [-0.4, -0.2) is 49.4 Å². The Morgan fingerprint density at radius 1 is 1.22 bits per heavy atom. The van der Waals surface area contributed by atoms with Crippen LogP contribution in [0.3, 0.4) is 0 Å². The maximum atomic E-state index is 13.4. The molecular weight excluding hydrogens is 486 g/mol. The molecule has 8 heteroatoms. The van der Waals surface area contributed by atoms with Crippen LogP contribution in [0.15, 0.2) is 24.3 Å². The van der Waals surface area contributed by atoms with Crippen LogP contribution in [0.5, 0.6) is 0 Å². The first-order valence-corrected chi connectivity index (χ1v) is 13.5. The lowest BCUT2D eigenvalue weighted by atomic mass is 9.86. The third-order valence-electron chi connectivity index (χ3n) is 7.12. The topological polar surface area (TPSA) is 83.9 Å². The average Bonchev–Trinajstić information content (AvgIpc) is 3.32. The van der Waals surface area contributed by atoms with Crippen molar-refractivity contribution in [3.63, 3.8) is 0 Å². The van der Waals surface area contributed by atoms with E-state index in [1.165, 1.54) is 0 Å². The largest absolute Gasteiger partial charge is 0.338 e. The second kappa shape index (κ2) is 10.4. The number of likely N-dealkylation sites (tertiary alicyclic amines) is 1. The van der Waals surface area contributed by atoms with Crippen molar-refractivity contribution in [2.45, 2.75) is 79.2 Å². The number of fused-ring (bicyclic) bond motifs is 1. The van der Waals surface area contributed by atoms with Crippen LogP contribution in [0.4, 0.5) is 0 Å². The Morgan fingerprint density at radius 3 is 2.54 bits per heavy atom. The summed E-state index contributed by atoms with van der Waals surface area (Å²) in [6.07, 6.45) is 5.16. The van der Waals surface area contributed by atoms with Gasteiger partial charge in [-0.25, -0.2) is 4.98 Å². The molecule has 198 valence electrons. The molecule has 1 aliphatic heterocycles. The zero-order valence-corrected chi connectivity index (χ0v) is 23.7. The molecule has 4 rings (SSSR count). The fourth-order valence-electron chi connectivity index (χ4n) is 5.25. The number of allylic oxidation sites excluding steroid dienone is 1. The third kappa shape index (κ3) is 5.52. The number of imidazole rings is 1. The van der Waals surface area contributed by atoms with Crippen LogP contribution in [0, 0.1) is 12.8 Å². The Bertz CT molecular complexity index is 1350. The monoisotopic (exact) mass is 523 g/mol. The van der Waals surface area contributed by atoms with Crippen molar-refractivity contribution in [1.82, 2.24) is 24.6 Å². The number of nitrogens with one attached hydrogen (secondary N) is 1. The van der Waals surface area contributed by atoms with Gasteiger partial charge in [0.25, 0.3) is 0 Å². The highest BCUT2D eigenvalue weighted by Crippen LogP contribution is 2.34. The number of Topliss-reactive ketones (excluding diaryl/α,β-unsaturated/α-hetero) is 1. The fourth-order valence-corrected chi connectivity index (χ4v) is 5.69. The number of amides is 1. The van der Waals surface area contributed by atoms with E-state index in [1.807, 2.05) is 19.9 Å². The van der Waals surface area contributed by atoms with E-state index in [1.54, 1.807) is 17.1 Å². The summed E-state index contributed by atoms with van der Waals surface area (Å²) in [6, 6.07) is 4.18. The fraction of sp³-hybridized carbons (Fsp3) is 0.517. The van der Waals surface area contributed by atoms with Crippen molar-refractivity contribution in [1.29, 1.82) is 0 Å². The van der Waals surface area contributed by atoms with Gasteiger partial charge in [-0.15, -0.1) is 0 Å². The van der Waals surface area contributed by atoms with E-state index in [0.29, 0.717) is 31.6 Å². The first-order valence-electron chi connectivity index (χ1n) is 13.1. The molecule has 37 heavy (non-hydrogen) atoms. The van der Waals surface area contributed by atoms with E-state index in [-0.39, 0.29) is 29.1 Å². The summed E-state index contributed by atoms with van der Waals surface area (Å²) in [5, 5.41) is 9.48. The van der Waals surface area contributed by atoms with Crippen molar-refractivity contribution in [3.8, 4) is 0 Å². The van der Waals surface area contributed by atoms with Crippen LogP contribution in [0.1, 0.15) is 87.3 Å². The van der Waals surface area contributed by atoms with Gasteiger partial charge in [0.15, 0.2) is 5.78 Å². The molecule has 7 nitrogen and oxygen atoms in total. The maximum absolute atomic E-state index is 13.4. The van der Waals surface area contributed by atoms with Gasteiger partial charge in [-0.05, 0) is 63.3 Å². The Hall–Kier alpha value is -2.93. The minimum Gasteiger partial charge on any atom is -0.338 e. The van der Waals surface area contributed by atoms with Gasteiger partial charge >= 0.3 is 0 Å². The molecule has 1 N–H and O–H groups in total. The number of carbonyl (C=O) groups is 2. The number of hydrogen-bond donors (Lipinski definition) is 1. The Kier molecular flexibility index (Phi) is 7.65. The molecule has 0 radical (unpaired) electrons. The summed E-state index contributed by atoms with van der Waals surface area (Å²) in [7, 11) is 0. The van der Waals surface area contributed by atoms with E-state index < -0.39 is 0 Å². The molecule has 2 aromatic heterocycles. The number of ketones is 1. The van der Waals surface area contributed by atoms with Crippen LogP contribution in [0.2, 0.25) is 5.02 Å². The van der Waals surface area contributed by atoms with Gasteiger partial charge in [0.1, 0.15) is 11.5 Å². The third-order valence-corrected chi connectivity index (χ3v) is 7.43. The predicted octanol–water partition coefficient (Wildman–Crippen LogP) is 5.99. The molecule has 1 aliphatic rings. The van der Waals surface area contributed by atoms with Crippen LogP contribution >= 0.6 is 11.6 Å². The lowest BCUT2D eigenvalue weighted by Crippen LogP contribution is -2.50. The van der Waals surface area contributed by atoms with Gasteiger partial charge in [0, 0.05) is 54.0 Å². The van der Waals surface area contributed by atoms with Gasteiger partial charge in [-0.3, -0.25) is 14.7 Å². The van der Waals surface area contributed by atoms with Gasteiger partial charge in [0.2, 0.25) is 5.91 Å². The standard InChI is InChI=1S/C29H38ClN5O2/c1-8-9-27(37)34-15-19(16-34)12-25(36)28-18(4)31-26(35(28)17(2)3)11-10-23-20-13-21(29(5,6)7)22(30)14-24(20)33-32-23/h8-9,13-14,17,19H,10-12,15-16H2,1-7H3,(H,32,33)/b9-8+. The molecule has 1 aromatic carbocycles. The Labute approximate surface area is 224 Å². The number of benzene rings is 1. The zero-order valence-electron chi connectivity index (χ0n) is 23.0. The summed E-state index contributed by atoms with van der Waals surface area (Å²) in [5.41, 5.74) is 4.39. The van der Waals surface area contributed by atoms with Crippen molar-refractivity contribution in [2.75, 3.05) is 13.1 Å². The van der Waals surface area contributed by atoms with E-state index in [9.17, 15) is 9.59 Å². The minimum atomic E-state index is -0.0719. The molecule has 3 aromatic rings. The number of hydrogen-bond acceptors (Lipinski definition) is 4. The highest BCUT2D eigenvalue weighted by Gasteiger charge is 2.33. The molecule has 0 saturated carbocycles. The maximum Gasteiger partial charge on any atom is 0.246 e. The van der Waals surface area contributed by atoms with Crippen molar-refractivity contribution in [3.05, 3.63) is 57.8 Å². The second-order valence-corrected chi connectivity index (χ2v) is 11.9. The van der Waals surface area contributed by atoms with Gasteiger partial charge in [0.05, 0.1) is 11.2 Å². The van der Waals surface area contributed by atoms with Crippen molar-refractivity contribution < 1.29 is 9.59 Å². The van der Waals surface area contributed by atoms with Crippen molar-refractivity contribution >= 4 is 34.2 Å². The van der Waals surface area contributed by atoms with Crippen LogP contribution in [-0.2, 0) is 23.1 Å². The number of halogens is 1. The van der Waals surface area contributed by atoms with Crippen LogP contribution in [0.25, 0.3) is 10.9 Å². The normalized spacial score (nSPS) is 14.8. The molecule has 0 spiro atoms. The van der Waals surface area contributed by atoms with Crippen LogP contribution < -0.4 is 0 Å².